The highest BCUT2D eigenvalue weighted by Gasteiger charge is 2.28. The molecule has 0 unspecified atom stereocenters. The van der Waals surface area contributed by atoms with E-state index in [0.29, 0.717) is 11.3 Å². The summed E-state index contributed by atoms with van der Waals surface area (Å²) in [5.74, 6) is -0.543. The second kappa shape index (κ2) is 10.0. The van der Waals surface area contributed by atoms with E-state index in [1.165, 1.54) is 49.6 Å². The molecule has 0 saturated carbocycles. The summed E-state index contributed by atoms with van der Waals surface area (Å²) in [4.78, 5) is 12.8. The molecule has 0 aliphatic carbocycles. The Balaban J connectivity index is 1.91. The molecule has 0 aromatic heterocycles. The summed E-state index contributed by atoms with van der Waals surface area (Å²) in [5, 5.41) is 2.96. The van der Waals surface area contributed by atoms with Crippen LogP contribution in [-0.2, 0) is 14.8 Å². The highest BCUT2D eigenvalue weighted by molar-refractivity contribution is 7.92. The number of nitrogens with zero attached hydrogens (tertiary/aromatic N) is 1. The molecule has 0 saturated heterocycles. The van der Waals surface area contributed by atoms with Crippen molar-refractivity contribution in [2.24, 2.45) is 0 Å². The summed E-state index contributed by atoms with van der Waals surface area (Å²) in [6.45, 7) is 1.25. The Bertz CT molecular complexity index is 1190. The zero-order chi connectivity index (χ0) is 23.3. The van der Waals surface area contributed by atoms with Gasteiger partial charge in [-0.3, -0.25) is 9.10 Å². The number of halogens is 2. The van der Waals surface area contributed by atoms with Crippen molar-refractivity contribution < 1.29 is 22.3 Å². The van der Waals surface area contributed by atoms with Crippen molar-refractivity contribution >= 4 is 33.2 Å². The summed E-state index contributed by atoms with van der Waals surface area (Å²) < 4.78 is 46.0. The second-order valence-electron chi connectivity index (χ2n) is 6.98. The van der Waals surface area contributed by atoms with Gasteiger partial charge in [0.15, 0.2) is 0 Å². The van der Waals surface area contributed by atoms with E-state index in [9.17, 15) is 17.6 Å². The number of anilines is 1. The fourth-order valence-corrected chi connectivity index (χ4v) is 4.78. The van der Waals surface area contributed by atoms with E-state index in [2.05, 4.69) is 5.32 Å². The Morgan fingerprint density at radius 3 is 2.34 bits per heavy atom. The number of nitrogens with one attached hydrogen (secondary N) is 1. The average molecular weight is 477 g/mol. The first-order chi connectivity index (χ1) is 15.2. The van der Waals surface area contributed by atoms with Gasteiger partial charge in [0.2, 0.25) is 5.91 Å². The number of carbonyl (C=O) groups is 1. The molecule has 1 atom stereocenters. The van der Waals surface area contributed by atoms with Crippen LogP contribution in [0, 0.1) is 5.82 Å². The maximum atomic E-state index is 13.4. The molecule has 0 radical (unpaired) electrons. The standard InChI is InChI=1S/C23H22ClFN2O4S/c1-16(17-8-10-18(25)11-9-17)26-23(28)15-27(19-12-13-22(31-2)21(24)14-19)32(29,30)20-6-4-3-5-7-20/h3-14,16H,15H2,1-2H3,(H,26,28)/t16-/m0/s1. The van der Waals surface area contributed by atoms with Crippen LogP contribution in [0.3, 0.4) is 0 Å². The van der Waals surface area contributed by atoms with Crippen molar-refractivity contribution in [2.75, 3.05) is 18.0 Å². The topological polar surface area (TPSA) is 75.7 Å². The number of carbonyl (C=O) groups excluding carboxylic acids is 1. The summed E-state index contributed by atoms with van der Waals surface area (Å²) in [7, 11) is -2.62. The van der Waals surface area contributed by atoms with Crippen LogP contribution < -0.4 is 14.4 Å². The van der Waals surface area contributed by atoms with E-state index < -0.39 is 28.5 Å². The summed E-state index contributed by atoms with van der Waals surface area (Å²) in [6, 6.07) is 17.5. The minimum atomic E-state index is -4.07. The molecule has 0 fully saturated rings. The zero-order valence-electron chi connectivity index (χ0n) is 17.5. The second-order valence-corrected chi connectivity index (χ2v) is 9.25. The van der Waals surface area contributed by atoms with Gasteiger partial charge in [0, 0.05) is 0 Å². The maximum Gasteiger partial charge on any atom is 0.264 e. The van der Waals surface area contributed by atoms with E-state index in [0.717, 1.165) is 4.31 Å². The molecule has 1 amide bonds. The molecule has 0 aliphatic heterocycles. The van der Waals surface area contributed by atoms with Crippen molar-refractivity contribution in [3.63, 3.8) is 0 Å². The van der Waals surface area contributed by atoms with Gasteiger partial charge in [0.1, 0.15) is 18.1 Å². The number of ether oxygens (including phenoxy) is 1. The van der Waals surface area contributed by atoms with Crippen LogP contribution in [0.1, 0.15) is 18.5 Å². The lowest BCUT2D eigenvalue weighted by molar-refractivity contribution is -0.120. The first-order valence-corrected chi connectivity index (χ1v) is 11.5. The number of hydrogen-bond donors (Lipinski definition) is 1. The molecule has 0 aliphatic rings. The van der Waals surface area contributed by atoms with Crippen molar-refractivity contribution in [3.8, 4) is 5.75 Å². The van der Waals surface area contributed by atoms with Gasteiger partial charge in [-0.2, -0.15) is 0 Å². The summed E-state index contributed by atoms with van der Waals surface area (Å²) >= 11 is 6.21. The van der Waals surface area contributed by atoms with Crippen LogP contribution in [-0.4, -0.2) is 28.0 Å². The first kappa shape index (κ1) is 23.6. The monoisotopic (exact) mass is 476 g/mol. The van der Waals surface area contributed by atoms with Crippen molar-refractivity contribution in [3.05, 3.63) is 89.2 Å². The Morgan fingerprint density at radius 1 is 1.09 bits per heavy atom. The lowest BCUT2D eigenvalue weighted by atomic mass is 10.1. The molecule has 6 nitrogen and oxygen atoms in total. The zero-order valence-corrected chi connectivity index (χ0v) is 19.0. The molecular weight excluding hydrogens is 455 g/mol. The number of sulfonamides is 1. The van der Waals surface area contributed by atoms with Crippen LogP contribution >= 0.6 is 11.6 Å². The molecule has 3 aromatic rings. The fraction of sp³-hybridized carbons (Fsp3) is 0.174. The molecule has 3 aromatic carbocycles. The van der Waals surface area contributed by atoms with Crippen LogP contribution in [0.2, 0.25) is 5.02 Å². The van der Waals surface area contributed by atoms with Gasteiger partial charge in [-0.25, -0.2) is 12.8 Å². The molecule has 3 rings (SSSR count). The van der Waals surface area contributed by atoms with Crippen LogP contribution in [0.4, 0.5) is 10.1 Å². The Kier molecular flexibility index (Phi) is 7.37. The Labute approximate surface area is 191 Å². The number of rotatable bonds is 8. The lowest BCUT2D eigenvalue weighted by Gasteiger charge is -2.25. The third-order valence-corrected chi connectivity index (χ3v) is 6.87. The third-order valence-electron chi connectivity index (χ3n) is 4.79. The fourth-order valence-electron chi connectivity index (χ4n) is 3.10. The number of amides is 1. The number of benzene rings is 3. The molecule has 0 heterocycles. The Hall–Kier alpha value is -3.10. The van der Waals surface area contributed by atoms with Crippen LogP contribution in [0.25, 0.3) is 0 Å². The first-order valence-electron chi connectivity index (χ1n) is 9.68. The van der Waals surface area contributed by atoms with Gasteiger partial charge in [-0.05, 0) is 55.0 Å². The van der Waals surface area contributed by atoms with Gasteiger partial charge < -0.3 is 10.1 Å². The van der Waals surface area contributed by atoms with E-state index in [-0.39, 0.29) is 21.4 Å². The van der Waals surface area contributed by atoms with Crippen molar-refractivity contribution in [2.45, 2.75) is 17.9 Å². The third kappa shape index (κ3) is 5.38. The largest absolute Gasteiger partial charge is 0.495 e. The van der Waals surface area contributed by atoms with E-state index in [1.54, 1.807) is 37.3 Å². The minimum Gasteiger partial charge on any atom is -0.495 e. The van der Waals surface area contributed by atoms with Gasteiger partial charge >= 0.3 is 0 Å². The van der Waals surface area contributed by atoms with Gasteiger partial charge in [0.05, 0.1) is 28.8 Å². The maximum absolute atomic E-state index is 13.4. The smallest absolute Gasteiger partial charge is 0.264 e. The van der Waals surface area contributed by atoms with Gasteiger partial charge in [-0.15, -0.1) is 0 Å². The van der Waals surface area contributed by atoms with E-state index in [1.807, 2.05) is 0 Å². The van der Waals surface area contributed by atoms with Crippen molar-refractivity contribution in [1.29, 1.82) is 0 Å². The highest BCUT2D eigenvalue weighted by atomic mass is 35.5. The molecular formula is C23H22ClFN2O4S. The summed E-state index contributed by atoms with van der Waals surface area (Å²) in [6.07, 6.45) is 0. The summed E-state index contributed by atoms with van der Waals surface area (Å²) in [5.41, 5.74) is 0.897. The van der Waals surface area contributed by atoms with Crippen LogP contribution in [0.15, 0.2) is 77.7 Å². The molecule has 168 valence electrons. The Morgan fingerprint density at radius 2 is 1.75 bits per heavy atom. The van der Waals surface area contributed by atoms with E-state index in [4.69, 9.17) is 16.3 Å². The number of hydrogen-bond acceptors (Lipinski definition) is 4. The molecule has 32 heavy (non-hydrogen) atoms. The van der Waals surface area contributed by atoms with Crippen LogP contribution in [0.5, 0.6) is 5.75 Å². The SMILES string of the molecule is COc1ccc(N(CC(=O)N[C@@H](C)c2ccc(F)cc2)S(=O)(=O)c2ccccc2)cc1Cl. The highest BCUT2D eigenvalue weighted by Crippen LogP contribution is 2.32. The number of methoxy groups -OCH3 is 1. The quantitative estimate of drug-likeness (QED) is 0.517. The van der Waals surface area contributed by atoms with E-state index >= 15 is 0 Å². The minimum absolute atomic E-state index is 0.0336. The van der Waals surface area contributed by atoms with Gasteiger partial charge in [0.25, 0.3) is 10.0 Å². The predicted octanol–water partition coefficient (Wildman–Crippen LogP) is 4.56. The normalized spacial score (nSPS) is 12.1. The predicted molar refractivity (Wildman–Crippen MR) is 122 cm³/mol. The lowest BCUT2D eigenvalue weighted by Crippen LogP contribution is -2.41. The average Bonchev–Trinajstić information content (AvgIpc) is 2.78. The van der Waals surface area contributed by atoms with Crippen molar-refractivity contribution in [1.82, 2.24) is 5.32 Å². The molecule has 1 N–H and O–H groups in total. The van der Waals surface area contributed by atoms with Gasteiger partial charge in [-0.1, -0.05) is 41.9 Å². The molecule has 9 heteroatoms. The molecule has 0 spiro atoms. The molecule has 0 bridgehead atoms.